The van der Waals surface area contributed by atoms with Gasteiger partial charge < -0.3 is 14.5 Å². The number of benzene rings is 1. The third kappa shape index (κ3) is 4.03. The first kappa shape index (κ1) is 17.8. The minimum Gasteiger partial charge on any atom is -0.465 e. The second-order valence-corrected chi connectivity index (χ2v) is 6.59. The van der Waals surface area contributed by atoms with Crippen molar-refractivity contribution in [3.8, 4) is 0 Å². The van der Waals surface area contributed by atoms with Gasteiger partial charge in [-0.25, -0.2) is 4.79 Å². The van der Waals surface area contributed by atoms with Crippen LogP contribution >= 0.6 is 11.6 Å². The number of hydrogen-bond donors (Lipinski definition) is 1. The van der Waals surface area contributed by atoms with Gasteiger partial charge in [0.2, 0.25) is 0 Å². The van der Waals surface area contributed by atoms with Crippen molar-refractivity contribution in [1.29, 1.82) is 0 Å². The molecule has 0 atom stereocenters. The number of ether oxygens (including phenoxy) is 1. The minimum absolute atomic E-state index is 0.0793. The highest BCUT2D eigenvalue weighted by Gasteiger charge is 2.33. The van der Waals surface area contributed by atoms with Gasteiger partial charge in [0, 0.05) is 17.9 Å². The number of amides is 1. The first-order chi connectivity index (χ1) is 10.9. The van der Waals surface area contributed by atoms with Crippen LogP contribution in [-0.2, 0) is 9.53 Å². The molecule has 1 N–H and O–H groups in total. The van der Waals surface area contributed by atoms with Gasteiger partial charge in [-0.2, -0.15) is 0 Å². The highest BCUT2D eigenvalue weighted by Crippen LogP contribution is 2.27. The number of halogens is 1. The van der Waals surface area contributed by atoms with Gasteiger partial charge in [-0.05, 0) is 31.5 Å². The molecule has 1 fully saturated rings. The summed E-state index contributed by atoms with van der Waals surface area (Å²) in [5, 5.41) is 3.34. The summed E-state index contributed by atoms with van der Waals surface area (Å²) in [6.07, 6.45) is 2.32. The number of carbonyl (C=O) groups is 2. The topological polar surface area (TPSA) is 55.4 Å². The van der Waals surface area contributed by atoms with E-state index >= 15 is 0 Å². The highest BCUT2D eigenvalue weighted by molar-refractivity contribution is 6.31. The number of rotatable bonds is 5. The first-order valence-corrected chi connectivity index (χ1v) is 8.32. The lowest BCUT2D eigenvalue weighted by Crippen LogP contribution is -2.50. The third-order valence-electron chi connectivity index (χ3n) is 4.63. The average molecular weight is 340 g/mol. The molecule has 5 nitrogen and oxygen atoms in total. The zero-order chi connectivity index (χ0) is 17.0. The fraction of sp³-hybridized carbons (Fsp3) is 0.529. The maximum absolute atomic E-state index is 12.5. The van der Waals surface area contributed by atoms with Crippen LogP contribution in [-0.4, -0.2) is 49.6 Å². The van der Waals surface area contributed by atoms with Crippen LogP contribution in [0.4, 0.5) is 5.69 Å². The van der Waals surface area contributed by atoms with Crippen molar-refractivity contribution in [2.45, 2.75) is 26.7 Å². The molecule has 126 valence electrons. The van der Waals surface area contributed by atoms with E-state index in [0.29, 0.717) is 17.3 Å². The van der Waals surface area contributed by atoms with Crippen molar-refractivity contribution in [1.82, 2.24) is 0 Å². The van der Waals surface area contributed by atoms with Crippen molar-refractivity contribution in [2.24, 2.45) is 0 Å². The van der Waals surface area contributed by atoms with Gasteiger partial charge in [-0.15, -0.1) is 0 Å². The SMILES string of the molecule is CC[N+]1(CC(=O)Nc2c(C)cc(Cl)cc2C(=O)OC)CCCC1. The number of nitrogens with one attached hydrogen (secondary N) is 1. The van der Waals surface area contributed by atoms with Gasteiger partial charge in [0.15, 0.2) is 6.54 Å². The Morgan fingerprint density at radius 2 is 1.96 bits per heavy atom. The Labute approximate surface area is 142 Å². The second-order valence-electron chi connectivity index (χ2n) is 6.16. The molecular weight excluding hydrogens is 316 g/mol. The molecule has 0 bridgehead atoms. The van der Waals surface area contributed by atoms with Gasteiger partial charge >= 0.3 is 5.97 Å². The van der Waals surface area contributed by atoms with E-state index in [4.69, 9.17) is 16.3 Å². The van der Waals surface area contributed by atoms with E-state index in [1.807, 2.05) is 6.92 Å². The summed E-state index contributed by atoms with van der Waals surface area (Å²) < 4.78 is 5.60. The first-order valence-electron chi connectivity index (χ1n) is 7.94. The lowest BCUT2D eigenvalue weighted by atomic mass is 10.1. The number of methoxy groups -OCH3 is 1. The lowest BCUT2D eigenvalue weighted by molar-refractivity contribution is -0.907. The van der Waals surface area contributed by atoms with Crippen molar-refractivity contribution in [3.63, 3.8) is 0 Å². The fourth-order valence-electron chi connectivity index (χ4n) is 3.26. The molecule has 0 spiro atoms. The molecule has 1 aliphatic heterocycles. The molecule has 1 aromatic carbocycles. The van der Waals surface area contributed by atoms with Crippen LogP contribution in [0.1, 0.15) is 35.7 Å². The van der Waals surface area contributed by atoms with E-state index in [1.165, 1.54) is 13.2 Å². The summed E-state index contributed by atoms with van der Waals surface area (Å²) in [6, 6.07) is 3.25. The summed E-state index contributed by atoms with van der Waals surface area (Å²) in [7, 11) is 1.31. The van der Waals surface area contributed by atoms with E-state index in [1.54, 1.807) is 6.07 Å². The Morgan fingerprint density at radius 1 is 1.30 bits per heavy atom. The molecule has 0 unspecified atom stereocenters. The molecule has 1 aromatic rings. The summed E-state index contributed by atoms with van der Waals surface area (Å²) >= 11 is 6.02. The molecule has 0 saturated carbocycles. The van der Waals surface area contributed by atoms with Crippen molar-refractivity contribution in [3.05, 3.63) is 28.3 Å². The molecule has 6 heteroatoms. The highest BCUT2D eigenvalue weighted by atomic mass is 35.5. The number of anilines is 1. The molecule has 2 rings (SSSR count). The van der Waals surface area contributed by atoms with Gasteiger partial charge in [-0.3, -0.25) is 4.79 Å². The van der Waals surface area contributed by atoms with Gasteiger partial charge in [0.1, 0.15) is 0 Å². The van der Waals surface area contributed by atoms with Crippen LogP contribution in [0, 0.1) is 6.92 Å². The zero-order valence-corrected chi connectivity index (χ0v) is 14.7. The number of carbonyl (C=O) groups excluding carboxylic acids is 2. The largest absolute Gasteiger partial charge is 0.465 e. The molecule has 1 aliphatic rings. The molecule has 0 aliphatic carbocycles. The van der Waals surface area contributed by atoms with E-state index in [9.17, 15) is 9.59 Å². The summed E-state index contributed by atoms with van der Waals surface area (Å²) in [4.78, 5) is 24.5. The predicted octanol–water partition coefficient (Wildman–Crippen LogP) is 3.00. The number of likely N-dealkylation sites (N-methyl/N-ethyl adjacent to an activating group) is 1. The third-order valence-corrected chi connectivity index (χ3v) is 4.85. The zero-order valence-electron chi connectivity index (χ0n) is 13.9. The minimum atomic E-state index is -0.508. The molecule has 1 heterocycles. The van der Waals surface area contributed by atoms with Crippen LogP contribution in [0.3, 0.4) is 0 Å². The Bertz CT molecular complexity index is 610. The van der Waals surface area contributed by atoms with E-state index in [2.05, 4.69) is 12.2 Å². The average Bonchev–Trinajstić information content (AvgIpc) is 2.97. The number of esters is 1. The smallest absolute Gasteiger partial charge is 0.340 e. The molecule has 0 aromatic heterocycles. The van der Waals surface area contributed by atoms with Crippen molar-refractivity contribution >= 4 is 29.2 Å². The summed E-state index contributed by atoms with van der Waals surface area (Å²) in [5.41, 5.74) is 1.52. The van der Waals surface area contributed by atoms with Crippen molar-refractivity contribution in [2.75, 3.05) is 38.6 Å². The maximum atomic E-state index is 12.5. The number of nitrogens with zero attached hydrogens (tertiary/aromatic N) is 1. The Kier molecular flexibility index (Phi) is 5.65. The Morgan fingerprint density at radius 3 is 2.52 bits per heavy atom. The molecule has 1 amide bonds. The quantitative estimate of drug-likeness (QED) is 0.662. The Balaban J connectivity index is 2.22. The van der Waals surface area contributed by atoms with Gasteiger partial charge in [0.05, 0.1) is 38.0 Å². The van der Waals surface area contributed by atoms with Gasteiger partial charge in [0.25, 0.3) is 5.91 Å². The molecular formula is C17H24ClN2O3+. The van der Waals surface area contributed by atoms with E-state index in [-0.39, 0.29) is 11.5 Å². The molecule has 1 saturated heterocycles. The molecule has 0 radical (unpaired) electrons. The number of likely N-dealkylation sites (tertiary alicyclic amines) is 1. The summed E-state index contributed by atoms with van der Waals surface area (Å²) in [5.74, 6) is -0.587. The number of quaternary nitrogens is 1. The standard InChI is InChI=1S/C17H23ClN2O3/c1-4-20(7-5-6-8-20)11-15(21)19-16-12(2)9-13(18)10-14(16)17(22)23-3/h9-10H,4-8,11H2,1-3H3/p+1. The Hall–Kier alpha value is -1.59. The van der Waals surface area contributed by atoms with Crippen molar-refractivity contribution < 1.29 is 18.8 Å². The van der Waals surface area contributed by atoms with Crippen LogP contribution in [0.5, 0.6) is 0 Å². The van der Waals surface area contributed by atoms with Crippen LogP contribution in [0.25, 0.3) is 0 Å². The lowest BCUT2D eigenvalue weighted by Gasteiger charge is -2.32. The van der Waals surface area contributed by atoms with Gasteiger partial charge in [-0.1, -0.05) is 11.6 Å². The normalized spacial score (nSPS) is 16.2. The van der Waals surface area contributed by atoms with Crippen LogP contribution in [0.15, 0.2) is 12.1 Å². The van der Waals surface area contributed by atoms with Crippen LogP contribution < -0.4 is 5.32 Å². The second kappa shape index (κ2) is 7.32. The number of hydrogen-bond acceptors (Lipinski definition) is 3. The number of aryl methyl sites for hydroxylation is 1. The van der Waals surface area contributed by atoms with Crippen LogP contribution in [0.2, 0.25) is 5.02 Å². The monoisotopic (exact) mass is 339 g/mol. The fourth-order valence-corrected chi connectivity index (χ4v) is 3.53. The summed E-state index contributed by atoms with van der Waals surface area (Å²) in [6.45, 7) is 7.37. The van der Waals surface area contributed by atoms with E-state index < -0.39 is 5.97 Å². The van der Waals surface area contributed by atoms with E-state index in [0.717, 1.165) is 42.5 Å². The predicted molar refractivity (Wildman–Crippen MR) is 90.8 cm³/mol. The molecule has 23 heavy (non-hydrogen) atoms. The maximum Gasteiger partial charge on any atom is 0.340 e.